The van der Waals surface area contributed by atoms with E-state index in [9.17, 15) is 14.0 Å². The molecule has 7 heteroatoms. The van der Waals surface area contributed by atoms with Gasteiger partial charge in [0.15, 0.2) is 0 Å². The summed E-state index contributed by atoms with van der Waals surface area (Å²) in [6, 6.07) is 3.89. The first kappa shape index (κ1) is 14.4. The normalized spacial score (nSPS) is 11.2. The lowest BCUT2D eigenvalue weighted by Gasteiger charge is -2.13. The summed E-state index contributed by atoms with van der Waals surface area (Å²) in [5.41, 5.74) is 0.143. The lowest BCUT2D eigenvalue weighted by Crippen LogP contribution is -2.37. The van der Waals surface area contributed by atoms with Gasteiger partial charge in [-0.3, -0.25) is 4.79 Å². The maximum Gasteiger partial charge on any atom is 0.319 e. The molecule has 1 aromatic carbocycles. The van der Waals surface area contributed by atoms with E-state index in [1.807, 2.05) is 0 Å². The second-order valence-corrected chi connectivity index (χ2v) is 3.90. The highest BCUT2D eigenvalue weighted by Gasteiger charge is 2.12. The van der Waals surface area contributed by atoms with E-state index < -0.39 is 23.9 Å². The van der Waals surface area contributed by atoms with Crippen molar-refractivity contribution in [2.24, 2.45) is 0 Å². The first-order chi connectivity index (χ1) is 8.92. The summed E-state index contributed by atoms with van der Waals surface area (Å²) in [6.07, 6.45) is -0.220. The van der Waals surface area contributed by atoms with Crippen LogP contribution in [0.15, 0.2) is 18.2 Å². The second-order valence-electron chi connectivity index (χ2n) is 3.90. The van der Waals surface area contributed by atoms with E-state index in [0.717, 1.165) is 12.1 Å². The van der Waals surface area contributed by atoms with Crippen molar-refractivity contribution in [3.05, 3.63) is 29.6 Å². The predicted octanol–water partition coefficient (Wildman–Crippen LogP) is 1.68. The molecule has 0 fully saturated rings. The molecule has 1 aromatic rings. The Bertz CT molecular complexity index is 540. The summed E-state index contributed by atoms with van der Waals surface area (Å²) in [6.45, 7) is 1.53. The van der Waals surface area contributed by atoms with E-state index in [4.69, 9.17) is 10.4 Å². The molecule has 19 heavy (non-hydrogen) atoms. The van der Waals surface area contributed by atoms with Crippen LogP contribution < -0.4 is 10.6 Å². The average Bonchev–Trinajstić information content (AvgIpc) is 2.30. The van der Waals surface area contributed by atoms with Crippen molar-refractivity contribution in [1.29, 1.82) is 5.26 Å². The predicted molar refractivity (Wildman–Crippen MR) is 65.0 cm³/mol. The first-order valence-electron chi connectivity index (χ1n) is 5.41. The Balaban J connectivity index is 2.67. The molecule has 1 atom stereocenters. The number of halogens is 1. The summed E-state index contributed by atoms with van der Waals surface area (Å²) in [5.74, 6) is -1.62. The molecule has 0 aromatic heterocycles. The molecular formula is C12H12FN3O3. The molecule has 2 amide bonds. The van der Waals surface area contributed by atoms with Gasteiger partial charge in [0.05, 0.1) is 17.7 Å². The van der Waals surface area contributed by atoms with Crippen molar-refractivity contribution in [3.8, 4) is 6.07 Å². The molecule has 0 radical (unpaired) electrons. The number of hydrogen-bond acceptors (Lipinski definition) is 3. The number of nitrogens with zero attached hydrogens (tertiary/aromatic N) is 1. The number of nitrogens with one attached hydrogen (secondary N) is 2. The molecule has 0 aliphatic rings. The lowest BCUT2D eigenvalue weighted by molar-refractivity contribution is -0.137. The average molecular weight is 265 g/mol. The van der Waals surface area contributed by atoms with E-state index in [0.29, 0.717) is 0 Å². The van der Waals surface area contributed by atoms with E-state index >= 15 is 0 Å². The quantitative estimate of drug-likeness (QED) is 0.770. The van der Waals surface area contributed by atoms with E-state index in [1.165, 1.54) is 13.0 Å². The smallest absolute Gasteiger partial charge is 0.319 e. The Morgan fingerprint density at radius 1 is 1.53 bits per heavy atom. The highest BCUT2D eigenvalue weighted by atomic mass is 19.1. The van der Waals surface area contributed by atoms with Crippen LogP contribution in [0.25, 0.3) is 0 Å². The van der Waals surface area contributed by atoms with Crippen molar-refractivity contribution < 1.29 is 19.1 Å². The SMILES string of the molecule is CC(CC(=O)O)NC(=O)Nc1ccc(F)cc1C#N. The van der Waals surface area contributed by atoms with Crippen LogP contribution in [0.1, 0.15) is 18.9 Å². The minimum absolute atomic E-state index is 0.0129. The number of carboxylic acids is 1. The van der Waals surface area contributed by atoms with Crippen LogP contribution >= 0.6 is 0 Å². The topological polar surface area (TPSA) is 102 Å². The van der Waals surface area contributed by atoms with Gasteiger partial charge in [-0.2, -0.15) is 5.26 Å². The number of hydrogen-bond donors (Lipinski definition) is 3. The molecule has 3 N–H and O–H groups in total. The molecule has 0 bridgehead atoms. The van der Waals surface area contributed by atoms with Crippen molar-refractivity contribution in [1.82, 2.24) is 5.32 Å². The molecule has 1 unspecified atom stereocenters. The summed E-state index contributed by atoms with van der Waals surface area (Å²) in [7, 11) is 0. The fraction of sp³-hybridized carbons (Fsp3) is 0.250. The Hall–Kier alpha value is -2.62. The highest BCUT2D eigenvalue weighted by molar-refractivity contribution is 5.91. The zero-order valence-corrected chi connectivity index (χ0v) is 10.1. The maximum absolute atomic E-state index is 12.9. The summed E-state index contributed by atoms with van der Waals surface area (Å²) in [4.78, 5) is 22.0. The number of benzene rings is 1. The van der Waals surface area contributed by atoms with E-state index in [-0.39, 0.29) is 17.7 Å². The Morgan fingerprint density at radius 3 is 2.79 bits per heavy atom. The van der Waals surface area contributed by atoms with Crippen LogP contribution in [0, 0.1) is 17.1 Å². The molecule has 6 nitrogen and oxygen atoms in total. The number of carbonyl (C=O) groups is 2. The maximum atomic E-state index is 12.9. The highest BCUT2D eigenvalue weighted by Crippen LogP contribution is 2.15. The number of carboxylic acid groups (broad SMARTS) is 1. The minimum Gasteiger partial charge on any atom is -0.481 e. The van der Waals surface area contributed by atoms with Gasteiger partial charge < -0.3 is 15.7 Å². The van der Waals surface area contributed by atoms with Crippen molar-refractivity contribution in [2.45, 2.75) is 19.4 Å². The minimum atomic E-state index is -1.03. The second kappa shape index (κ2) is 6.35. The zero-order chi connectivity index (χ0) is 14.4. The number of nitriles is 1. The van der Waals surface area contributed by atoms with Gasteiger partial charge in [0, 0.05) is 6.04 Å². The van der Waals surface area contributed by atoms with Crippen LogP contribution in [0.4, 0.5) is 14.9 Å². The molecule has 100 valence electrons. The number of amides is 2. The summed E-state index contributed by atoms with van der Waals surface area (Å²) in [5, 5.41) is 22.1. The third-order valence-electron chi connectivity index (χ3n) is 2.21. The fourth-order valence-electron chi connectivity index (χ4n) is 1.41. The largest absolute Gasteiger partial charge is 0.481 e. The van der Waals surface area contributed by atoms with Gasteiger partial charge in [-0.25, -0.2) is 9.18 Å². The van der Waals surface area contributed by atoms with Crippen LogP contribution in [0.5, 0.6) is 0 Å². The van der Waals surface area contributed by atoms with Crippen LogP contribution in [0.2, 0.25) is 0 Å². The van der Waals surface area contributed by atoms with Crippen molar-refractivity contribution in [2.75, 3.05) is 5.32 Å². The van der Waals surface area contributed by atoms with Crippen LogP contribution in [0.3, 0.4) is 0 Å². The third kappa shape index (κ3) is 4.63. The Kier molecular flexibility index (Phi) is 4.83. The van der Waals surface area contributed by atoms with Gasteiger partial charge in [0.25, 0.3) is 0 Å². The monoisotopic (exact) mass is 265 g/mol. The number of urea groups is 1. The zero-order valence-electron chi connectivity index (χ0n) is 10.1. The van der Waals surface area contributed by atoms with Gasteiger partial charge in [-0.15, -0.1) is 0 Å². The fourth-order valence-corrected chi connectivity index (χ4v) is 1.41. The molecule has 0 spiro atoms. The number of rotatable bonds is 4. The number of anilines is 1. The summed E-state index contributed by atoms with van der Waals surface area (Å²) < 4.78 is 12.9. The molecular weight excluding hydrogens is 253 g/mol. The Labute approximate surface area is 108 Å². The molecule has 0 saturated heterocycles. The number of aliphatic carboxylic acids is 1. The number of carbonyl (C=O) groups excluding carboxylic acids is 1. The van der Waals surface area contributed by atoms with Gasteiger partial charge in [-0.05, 0) is 25.1 Å². The van der Waals surface area contributed by atoms with E-state index in [2.05, 4.69) is 10.6 Å². The van der Waals surface area contributed by atoms with Crippen LogP contribution in [-0.2, 0) is 4.79 Å². The van der Waals surface area contributed by atoms with Gasteiger partial charge in [-0.1, -0.05) is 0 Å². The van der Waals surface area contributed by atoms with Crippen molar-refractivity contribution >= 4 is 17.7 Å². The molecule has 1 rings (SSSR count). The molecule has 0 aliphatic heterocycles. The summed E-state index contributed by atoms with van der Waals surface area (Å²) >= 11 is 0. The standard InChI is InChI=1S/C12H12FN3O3/c1-7(4-11(17)18)15-12(19)16-10-3-2-9(13)5-8(10)6-14/h2-3,5,7H,4H2,1H3,(H,17,18)(H2,15,16,19). The molecule has 0 heterocycles. The van der Waals surface area contributed by atoms with Crippen molar-refractivity contribution in [3.63, 3.8) is 0 Å². The third-order valence-corrected chi connectivity index (χ3v) is 2.21. The lowest BCUT2D eigenvalue weighted by atomic mass is 10.2. The van der Waals surface area contributed by atoms with Crippen LogP contribution in [-0.4, -0.2) is 23.1 Å². The molecule has 0 aliphatic carbocycles. The first-order valence-corrected chi connectivity index (χ1v) is 5.41. The van der Waals surface area contributed by atoms with Gasteiger partial charge in [0.1, 0.15) is 11.9 Å². The van der Waals surface area contributed by atoms with Gasteiger partial charge in [0.2, 0.25) is 0 Å². The Morgan fingerprint density at radius 2 is 2.21 bits per heavy atom. The van der Waals surface area contributed by atoms with Gasteiger partial charge >= 0.3 is 12.0 Å². The molecule has 0 saturated carbocycles. The van der Waals surface area contributed by atoms with E-state index in [1.54, 1.807) is 6.07 Å².